The SMILES string of the molecule is CCC(C)(C)N(c1cccc2oc3ccccc3c12)c1cccc2c1c1ccccc1n2-c1ccccc1. The lowest BCUT2D eigenvalue weighted by atomic mass is 9.94. The second kappa shape index (κ2) is 8.53. The Morgan fingerprint density at radius 3 is 2.00 bits per heavy atom. The second-order valence-corrected chi connectivity index (χ2v) is 10.6. The molecule has 0 aliphatic heterocycles. The molecular weight excluding hydrogens is 464 g/mol. The average molecular weight is 495 g/mol. The van der Waals surface area contributed by atoms with Crippen LogP contribution in [0.15, 0.2) is 120 Å². The molecule has 0 radical (unpaired) electrons. The number of fused-ring (bicyclic) bond motifs is 6. The van der Waals surface area contributed by atoms with E-state index in [0.717, 1.165) is 28.4 Å². The second-order valence-electron chi connectivity index (χ2n) is 10.6. The van der Waals surface area contributed by atoms with Crippen LogP contribution in [0, 0.1) is 0 Å². The third-order valence-electron chi connectivity index (χ3n) is 8.02. The summed E-state index contributed by atoms with van der Waals surface area (Å²) in [5.74, 6) is 0. The number of anilines is 2. The minimum atomic E-state index is -0.156. The zero-order valence-corrected chi connectivity index (χ0v) is 22.0. The molecule has 5 aromatic carbocycles. The maximum absolute atomic E-state index is 6.31. The smallest absolute Gasteiger partial charge is 0.137 e. The van der Waals surface area contributed by atoms with Crippen molar-refractivity contribution in [3.63, 3.8) is 0 Å². The molecule has 38 heavy (non-hydrogen) atoms. The number of aromatic nitrogens is 1. The summed E-state index contributed by atoms with van der Waals surface area (Å²) >= 11 is 0. The molecule has 186 valence electrons. The van der Waals surface area contributed by atoms with Crippen LogP contribution in [0.1, 0.15) is 27.2 Å². The molecule has 7 aromatic rings. The van der Waals surface area contributed by atoms with Crippen molar-refractivity contribution in [2.75, 3.05) is 4.90 Å². The first-order chi connectivity index (χ1) is 18.6. The summed E-state index contributed by atoms with van der Waals surface area (Å²) in [6.45, 7) is 6.95. The van der Waals surface area contributed by atoms with Crippen molar-refractivity contribution in [2.45, 2.75) is 32.7 Å². The van der Waals surface area contributed by atoms with Gasteiger partial charge in [-0.2, -0.15) is 0 Å². The molecule has 0 N–H and O–H groups in total. The Morgan fingerprint density at radius 1 is 0.605 bits per heavy atom. The van der Waals surface area contributed by atoms with Gasteiger partial charge in [-0.25, -0.2) is 0 Å². The van der Waals surface area contributed by atoms with E-state index in [4.69, 9.17) is 4.42 Å². The molecule has 3 nitrogen and oxygen atoms in total. The molecule has 0 unspecified atom stereocenters. The van der Waals surface area contributed by atoms with Crippen LogP contribution in [-0.4, -0.2) is 10.1 Å². The van der Waals surface area contributed by atoms with Crippen molar-refractivity contribution in [1.29, 1.82) is 0 Å². The molecule has 0 bridgehead atoms. The number of rotatable bonds is 5. The summed E-state index contributed by atoms with van der Waals surface area (Å²) in [5.41, 5.74) is 7.64. The minimum absolute atomic E-state index is 0.156. The van der Waals surface area contributed by atoms with Gasteiger partial charge in [-0.3, -0.25) is 0 Å². The van der Waals surface area contributed by atoms with Crippen molar-refractivity contribution >= 4 is 55.1 Å². The van der Waals surface area contributed by atoms with E-state index >= 15 is 0 Å². The van der Waals surface area contributed by atoms with E-state index in [1.165, 1.54) is 38.9 Å². The standard InChI is InChI=1S/C35H30N2O/c1-4-35(2,3)37(30-21-13-23-32-34(30)26-17-9-11-22-31(26)38-32)29-20-12-19-28-33(29)25-16-8-10-18-27(25)36(28)24-14-6-5-7-15-24/h5-23H,4H2,1-3H3. The fourth-order valence-corrected chi connectivity index (χ4v) is 5.92. The summed E-state index contributed by atoms with van der Waals surface area (Å²) in [5, 5.41) is 4.82. The van der Waals surface area contributed by atoms with Gasteiger partial charge >= 0.3 is 0 Å². The van der Waals surface area contributed by atoms with Gasteiger partial charge in [0.15, 0.2) is 0 Å². The molecule has 0 fully saturated rings. The van der Waals surface area contributed by atoms with Gasteiger partial charge in [0.1, 0.15) is 11.2 Å². The lowest BCUT2D eigenvalue weighted by Crippen LogP contribution is -2.40. The number of benzene rings is 5. The highest BCUT2D eigenvalue weighted by molar-refractivity contribution is 6.18. The highest BCUT2D eigenvalue weighted by Gasteiger charge is 2.31. The van der Waals surface area contributed by atoms with Crippen molar-refractivity contribution < 1.29 is 4.42 Å². The summed E-state index contributed by atoms with van der Waals surface area (Å²) in [4.78, 5) is 2.54. The van der Waals surface area contributed by atoms with E-state index in [2.05, 4.69) is 139 Å². The first kappa shape index (κ1) is 22.7. The number of hydrogen-bond donors (Lipinski definition) is 0. The van der Waals surface area contributed by atoms with Gasteiger partial charge in [0.25, 0.3) is 0 Å². The maximum atomic E-state index is 6.31. The summed E-state index contributed by atoms with van der Waals surface area (Å²) in [6, 6.07) is 41.0. The molecule has 2 aromatic heterocycles. The van der Waals surface area contributed by atoms with Crippen molar-refractivity contribution in [1.82, 2.24) is 4.57 Å². The summed E-state index contributed by atoms with van der Waals surface area (Å²) in [6.07, 6.45) is 0.979. The van der Waals surface area contributed by atoms with E-state index in [1.807, 2.05) is 6.07 Å². The Bertz CT molecular complexity index is 1940. The van der Waals surface area contributed by atoms with Crippen LogP contribution in [0.5, 0.6) is 0 Å². The summed E-state index contributed by atoms with van der Waals surface area (Å²) < 4.78 is 8.70. The zero-order valence-electron chi connectivity index (χ0n) is 22.0. The predicted octanol–water partition coefficient (Wildman–Crippen LogP) is 10.0. The molecule has 2 heterocycles. The fourth-order valence-electron chi connectivity index (χ4n) is 5.92. The molecule has 3 heteroatoms. The van der Waals surface area contributed by atoms with Crippen LogP contribution >= 0.6 is 0 Å². The fraction of sp³-hybridized carbons (Fsp3) is 0.143. The van der Waals surface area contributed by atoms with E-state index in [1.54, 1.807) is 0 Å². The molecule has 0 atom stereocenters. The topological polar surface area (TPSA) is 21.3 Å². The normalized spacial score (nSPS) is 12.2. The molecule has 0 saturated heterocycles. The van der Waals surface area contributed by atoms with Gasteiger partial charge in [0.2, 0.25) is 0 Å². The monoisotopic (exact) mass is 494 g/mol. The zero-order chi connectivity index (χ0) is 25.9. The van der Waals surface area contributed by atoms with Crippen molar-refractivity contribution in [2.24, 2.45) is 0 Å². The highest BCUT2D eigenvalue weighted by atomic mass is 16.3. The van der Waals surface area contributed by atoms with E-state index < -0.39 is 0 Å². The van der Waals surface area contributed by atoms with E-state index in [0.29, 0.717) is 0 Å². The Kier molecular flexibility index (Phi) is 5.09. The molecule has 0 aliphatic rings. The Labute approximate surface area is 222 Å². The lowest BCUT2D eigenvalue weighted by molar-refractivity contribution is 0.490. The molecule has 0 saturated carbocycles. The highest BCUT2D eigenvalue weighted by Crippen LogP contribution is 2.47. The number of furan rings is 1. The number of para-hydroxylation sites is 3. The molecule has 7 rings (SSSR count). The Hall–Kier alpha value is -4.50. The van der Waals surface area contributed by atoms with Crippen LogP contribution in [0.25, 0.3) is 49.4 Å². The molecule has 0 amide bonds. The van der Waals surface area contributed by atoms with E-state index in [-0.39, 0.29) is 5.54 Å². The number of hydrogen-bond acceptors (Lipinski definition) is 2. The Morgan fingerprint density at radius 2 is 1.21 bits per heavy atom. The first-order valence-corrected chi connectivity index (χ1v) is 13.4. The van der Waals surface area contributed by atoms with Crippen LogP contribution in [0.3, 0.4) is 0 Å². The van der Waals surface area contributed by atoms with Gasteiger partial charge < -0.3 is 13.9 Å². The van der Waals surface area contributed by atoms with Crippen LogP contribution in [0.4, 0.5) is 11.4 Å². The van der Waals surface area contributed by atoms with Gasteiger partial charge in [-0.1, -0.05) is 73.7 Å². The van der Waals surface area contributed by atoms with Crippen molar-refractivity contribution in [3.05, 3.63) is 115 Å². The van der Waals surface area contributed by atoms with Gasteiger partial charge in [-0.05, 0) is 68.8 Å². The summed E-state index contributed by atoms with van der Waals surface area (Å²) in [7, 11) is 0. The molecule has 0 aliphatic carbocycles. The van der Waals surface area contributed by atoms with Crippen LogP contribution < -0.4 is 4.90 Å². The largest absolute Gasteiger partial charge is 0.456 e. The minimum Gasteiger partial charge on any atom is -0.456 e. The number of nitrogens with zero attached hydrogens (tertiary/aromatic N) is 2. The van der Waals surface area contributed by atoms with Crippen molar-refractivity contribution in [3.8, 4) is 5.69 Å². The van der Waals surface area contributed by atoms with Crippen LogP contribution in [0.2, 0.25) is 0 Å². The predicted molar refractivity (Wildman–Crippen MR) is 161 cm³/mol. The Balaban J connectivity index is 1.61. The van der Waals surface area contributed by atoms with E-state index in [9.17, 15) is 0 Å². The average Bonchev–Trinajstić information content (AvgIpc) is 3.50. The molecule has 0 spiro atoms. The quantitative estimate of drug-likeness (QED) is 0.237. The van der Waals surface area contributed by atoms with Gasteiger partial charge in [0, 0.05) is 27.4 Å². The maximum Gasteiger partial charge on any atom is 0.137 e. The van der Waals surface area contributed by atoms with Gasteiger partial charge in [-0.15, -0.1) is 0 Å². The lowest BCUT2D eigenvalue weighted by Gasteiger charge is -2.41. The van der Waals surface area contributed by atoms with Crippen LogP contribution in [-0.2, 0) is 0 Å². The third kappa shape index (κ3) is 3.28. The third-order valence-corrected chi connectivity index (χ3v) is 8.02. The van der Waals surface area contributed by atoms with Gasteiger partial charge in [0.05, 0.1) is 27.8 Å². The first-order valence-electron chi connectivity index (χ1n) is 13.4. The molecular formula is C35H30N2O.